The Morgan fingerprint density at radius 2 is 1.82 bits per heavy atom. The standard InChI is InChI=1S/C28H25Cl2NOS2/c1-2-9-31(10-4-6-21-12-25(29)16-26(30)13-21)17-22-5-3-7-27(14-22)32-18-28-15-24(20-34-28)23-8-11-33-19-23/h3,5,7-8,11-16,19-20H,2,9-10,17-18H2,1H3. The maximum atomic E-state index is 6.11. The van der Waals surface area contributed by atoms with Gasteiger partial charge < -0.3 is 4.74 Å². The second-order valence-electron chi connectivity index (χ2n) is 7.92. The van der Waals surface area contributed by atoms with Gasteiger partial charge in [-0.15, -0.1) is 11.3 Å². The van der Waals surface area contributed by atoms with Crippen LogP contribution in [0.2, 0.25) is 10.0 Å². The Morgan fingerprint density at radius 3 is 2.59 bits per heavy atom. The Labute approximate surface area is 219 Å². The smallest absolute Gasteiger partial charge is 0.122 e. The van der Waals surface area contributed by atoms with Gasteiger partial charge in [0.15, 0.2) is 0 Å². The number of rotatable bonds is 9. The van der Waals surface area contributed by atoms with Gasteiger partial charge in [0, 0.05) is 27.0 Å². The van der Waals surface area contributed by atoms with Gasteiger partial charge in [0.2, 0.25) is 0 Å². The normalized spacial score (nSPS) is 10.8. The van der Waals surface area contributed by atoms with Crippen LogP contribution in [-0.4, -0.2) is 18.0 Å². The van der Waals surface area contributed by atoms with Crippen LogP contribution in [0.15, 0.2) is 70.7 Å². The van der Waals surface area contributed by atoms with Crippen LogP contribution in [0.3, 0.4) is 0 Å². The molecular formula is C28H25Cl2NOS2. The predicted octanol–water partition coefficient (Wildman–Crippen LogP) is 8.63. The van der Waals surface area contributed by atoms with E-state index in [-0.39, 0.29) is 0 Å². The molecule has 2 nitrogen and oxygen atoms in total. The van der Waals surface area contributed by atoms with E-state index < -0.39 is 0 Å². The molecule has 0 aliphatic heterocycles. The molecule has 0 N–H and O–H groups in total. The van der Waals surface area contributed by atoms with Gasteiger partial charge >= 0.3 is 0 Å². The van der Waals surface area contributed by atoms with Crippen molar-refractivity contribution in [3.8, 4) is 28.7 Å². The lowest BCUT2D eigenvalue weighted by atomic mass is 10.2. The average molecular weight is 527 g/mol. The zero-order chi connectivity index (χ0) is 23.8. The minimum absolute atomic E-state index is 0.574. The van der Waals surface area contributed by atoms with Gasteiger partial charge in [-0.3, -0.25) is 4.90 Å². The van der Waals surface area contributed by atoms with E-state index in [0.29, 0.717) is 23.2 Å². The van der Waals surface area contributed by atoms with E-state index in [9.17, 15) is 0 Å². The minimum atomic E-state index is 0.574. The van der Waals surface area contributed by atoms with E-state index in [2.05, 4.69) is 70.1 Å². The zero-order valence-electron chi connectivity index (χ0n) is 18.9. The van der Waals surface area contributed by atoms with Gasteiger partial charge in [-0.1, -0.05) is 54.1 Å². The number of thiophene rings is 2. The molecule has 0 unspecified atom stereocenters. The summed E-state index contributed by atoms with van der Waals surface area (Å²) < 4.78 is 6.11. The highest BCUT2D eigenvalue weighted by Crippen LogP contribution is 2.28. The van der Waals surface area contributed by atoms with Crippen LogP contribution in [0.5, 0.6) is 5.75 Å². The first kappa shape index (κ1) is 24.9. The van der Waals surface area contributed by atoms with Gasteiger partial charge in [-0.05, 0) is 88.3 Å². The van der Waals surface area contributed by atoms with E-state index in [1.165, 1.54) is 21.6 Å². The molecule has 4 aromatic rings. The van der Waals surface area contributed by atoms with Crippen molar-refractivity contribution in [2.45, 2.75) is 26.5 Å². The van der Waals surface area contributed by atoms with Crippen molar-refractivity contribution < 1.29 is 4.74 Å². The molecule has 2 aromatic heterocycles. The summed E-state index contributed by atoms with van der Waals surface area (Å²) >= 11 is 15.6. The Kier molecular flexibility index (Phi) is 9.10. The Morgan fingerprint density at radius 1 is 0.971 bits per heavy atom. The molecular weight excluding hydrogens is 501 g/mol. The lowest BCUT2D eigenvalue weighted by molar-refractivity contribution is 0.294. The van der Waals surface area contributed by atoms with Crippen LogP contribution in [0.25, 0.3) is 11.1 Å². The second kappa shape index (κ2) is 12.4. The van der Waals surface area contributed by atoms with Gasteiger partial charge in [-0.2, -0.15) is 11.3 Å². The monoisotopic (exact) mass is 525 g/mol. The van der Waals surface area contributed by atoms with Gasteiger partial charge in [0.05, 0.1) is 6.54 Å². The highest BCUT2D eigenvalue weighted by Gasteiger charge is 2.07. The van der Waals surface area contributed by atoms with Crippen molar-refractivity contribution in [1.29, 1.82) is 0 Å². The molecule has 0 radical (unpaired) electrons. The maximum Gasteiger partial charge on any atom is 0.122 e. The molecule has 0 aliphatic rings. The van der Waals surface area contributed by atoms with Crippen LogP contribution in [0.1, 0.15) is 29.3 Å². The van der Waals surface area contributed by atoms with Crippen LogP contribution < -0.4 is 4.74 Å². The fraction of sp³-hybridized carbons (Fsp3) is 0.214. The van der Waals surface area contributed by atoms with Crippen molar-refractivity contribution in [3.05, 3.63) is 96.8 Å². The molecule has 2 aromatic carbocycles. The van der Waals surface area contributed by atoms with E-state index in [4.69, 9.17) is 27.9 Å². The third-order valence-corrected chi connectivity index (χ3v) is 7.16. The van der Waals surface area contributed by atoms with Crippen LogP contribution in [0, 0.1) is 11.8 Å². The molecule has 4 rings (SSSR count). The quantitative estimate of drug-likeness (QED) is 0.203. The average Bonchev–Trinajstić information content (AvgIpc) is 3.50. The summed E-state index contributed by atoms with van der Waals surface area (Å²) in [5.74, 6) is 7.33. The molecule has 0 atom stereocenters. The highest BCUT2D eigenvalue weighted by atomic mass is 35.5. The van der Waals surface area contributed by atoms with E-state index in [0.717, 1.165) is 30.8 Å². The minimum Gasteiger partial charge on any atom is -0.488 e. The van der Waals surface area contributed by atoms with Crippen molar-refractivity contribution in [1.82, 2.24) is 4.90 Å². The summed E-state index contributed by atoms with van der Waals surface area (Å²) in [5, 5.41) is 7.67. The van der Waals surface area contributed by atoms with Crippen molar-refractivity contribution >= 4 is 45.9 Å². The highest BCUT2D eigenvalue weighted by molar-refractivity contribution is 7.10. The summed E-state index contributed by atoms with van der Waals surface area (Å²) in [4.78, 5) is 3.56. The van der Waals surface area contributed by atoms with Gasteiger partial charge in [0.25, 0.3) is 0 Å². The number of nitrogens with zero attached hydrogens (tertiary/aromatic N) is 1. The lowest BCUT2D eigenvalue weighted by Gasteiger charge is -2.19. The van der Waals surface area contributed by atoms with Crippen molar-refractivity contribution in [3.63, 3.8) is 0 Å². The van der Waals surface area contributed by atoms with E-state index in [1.807, 2.05) is 18.2 Å². The van der Waals surface area contributed by atoms with Gasteiger partial charge in [-0.25, -0.2) is 0 Å². The first-order chi connectivity index (χ1) is 16.6. The predicted molar refractivity (Wildman–Crippen MR) is 147 cm³/mol. The molecule has 0 amide bonds. The molecule has 2 heterocycles. The first-order valence-electron chi connectivity index (χ1n) is 11.1. The summed E-state index contributed by atoms with van der Waals surface area (Å²) in [5.41, 5.74) is 4.57. The number of halogens is 2. The molecule has 0 fully saturated rings. The fourth-order valence-corrected chi connectivity index (χ4v) is 5.59. The summed E-state index contributed by atoms with van der Waals surface area (Å²) in [6, 6.07) is 18.1. The molecule has 34 heavy (non-hydrogen) atoms. The molecule has 0 spiro atoms. The molecule has 0 bridgehead atoms. The van der Waals surface area contributed by atoms with E-state index >= 15 is 0 Å². The Balaban J connectivity index is 1.35. The first-order valence-corrected chi connectivity index (χ1v) is 13.7. The number of hydrogen-bond donors (Lipinski definition) is 0. The Bertz CT molecular complexity index is 1250. The maximum absolute atomic E-state index is 6.11. The topological polar surface area (TPSA) is 12.5 Å². The SMILES string of the molecule is CCCN(CC#Cc1cc(Cl)cc(Cl)c1)Cc1cccc(OCc2cc(-c3ccsc3)cs2)c1. The second-order valence-corrected chi connectivity index (χ2v) is 10.6. The molecule has 174 valence electrons. The van der Waals surface area contributed by atoms with Crippen LogP contribution >= 0.6 is 45.9 Å². The lowest BCUT2D eigenvalue weighted by Crippen LogP contribution is -2.24. The van der Waals surface area contributed by atoms with Crippen LogP contribution in [0.4, 0.5) is 0 Å². The number of benzene rings is 2. The van der Waals surface area contributed by atoms with E-state index in [1.54, 1.807) is 28.7 Å². The third kappa shape index (κ3) is 7.37. The molecule has 0 saturated heterocycles. The zero-order valence-corrected chi connectivity index (χ0v) is 22.0. The number of ether oxygens (including phenoxy) is 1. The summed E-state index contributed by atoms with van der Waals surface area (Å²) in [6.07, 6.45) is 1.06. The van der Waals surface area contributed by atoms with Crippen molar-refractivity contribution in [2.75, 3.05) is 13.1 Å². The number of hydrogen-bond acceptors (Lipinski definition) is 4. The van der Waals surface area contributed by atoms with Crippen molar-refractivity contribution in [2.24, 2.45) is 0 Å². The van der Waals surface area contributed by atoms with Gasteiger partial charge in [0.1, 0.15) is 12.4 Å². The Hall–Kier alpha value is -2.26. The third-order valence-electron chi connectivity index (χ3n) is 5.13. The summed E-state index contributed by atoms with van der Waals surface area (Å²) in [7, 11) is 0. The van der Waals surface area contributed by atoms with Crippen LogP contribution in [-0.2, 0) is 13.2 Å². The summed E-state index contributed by atoms with van der Waals surface area (Å²) in [6.45, 7) is 5.21. The molecule has 0 saturated carbocycles. The molecule has 0 aliphatic carbocycles. The molecule has 6 heteroatoms. The fourth-order valence-electron chi connectivity index (χ4n) is 3.59. The largest absolute Gasteiger partial charge is 0.488 e.